The van der Waals surface area contributed by atoms with Crippen LogP contribution in [-0.2, 0) is 4.79 Å². The van der Waals surface area contributed by atoms with Gasteiger partial charge in [0.2, 0.25) is 5.91 Å². The summed E-state index contributed by atoms with van der Waals surface area (Å²) in [5.74, 6) is 0.310. The number of hydrogen-bond donors (Lipinski definition) is 1. The average Bonchev–Trinajstić information content (AvgIpc) is 2.60. The SMILES string of the molecule is CCCCCCCCCCCCCCCCCCC(C)C(C)C(N)=O. The van der Waals surface area contributed by atoms with Crippen LogP contribution in [0.5, 0.6) is 0 Å². The summed E-state index contributed by atoms with van der Waals surface area (Å²) in [6.07, 6.45) is 23.6. The first-order valence-electron chi connectivity index (χ1n) is 11.4. The third-order valence-corrected chi connectivity index (χ3v) is 5.82. The molecule has 0 aromatic rings. The zero-order valence-electron chi connectivity index (χ0n) is 17.7. The van der Waals surface area contributed by atoms with Crippen LogP contribution in [-0.4, -0.2) is 5.91 Å². The zero-order valence-corrected chi connectivity index (χ0v) is 17.7. The number of carbonyl (C=O) groups is 1. The van der Waals surface area contributed by atoms with E-state index in [4.69, 9.17) is 5.73 Å². The second-order valence-electron chi connectivity index (χ2n) is 8.26. The summed E-state index contributed by atoms with van der Waals surface area (Å²) in [5, 5.41) is 0. The van der Waals surface area contributed by atoms with E-state index in [1.165, 1.54) is 103 Å². The largest absolute Gasteiger partial charge is 0.369 e. The van der Waals surface area contributed by atoms with Gasteiger partial charge in [0.25, 0.3) is 0 Å². The van der Waals surface area contributed by atoms with Crippen LogP contribution < -0.4 is 5.73 Å². The fourth-order valence-electron chi connectivity index (χ4n) is 3.54. The molecular formula is C23H47NO. The standard InChI is InChI=1S/C23H47NO/c1-4-5-6-7-8-9-10-11-12-13-14-15-16-17-18-19-20-21(2)22(3)23(24)25/h21-22H,4-20H2,1-3H3,(H2,24,25). The van der Waals surface area contributed by atoms with E-state index in [1.54, 1.807) is 0 Å². The van der Waals surface area contributed by atoms with Crippen LogP contribution in [0, 0.1) is 11.8 Å². The Hall–Kier alpha value is -0.530. The molecule has 1 amide bonds. The van der Waals surface area contributed by atoms with Crippen molar-refractivity contribution in [3.8, 4) is 0 Å². The molecule has 0 radical (unpaired) electrons. The molecule has 0 aliphatic rings. The van der Waals surface area contributed by atoms with Gasteiger partial charge in [-0.25, -0.2) is 0 Å². The fraction of sp³-hybridized carbons (Fsp3) is 0.957. The predicted molar refractivity (Wildman–Crippen MR) is 112 cm³/mol. The summed E-state index contributed by atoms with van der Waals surface area (Å²) < 4.78 is 0. The molecule has 2 nitrogen and oxygen atoms in total. The highest BCUT2D eigenvalue weighted by atomic mass is 16.1. The molecule has 0 saturated heterocycles. The molecule has 0 aliphatic heterocycles. The van der Waals surface area contributed by atoms with Crippen LogP contribution in [0.15, 0.2) is 0 Å². The van der Waals surface area contributed by atoms with Gasteiger partial charge < -0.3 is 5.73 Å². The number of nitrogens with two attached hydrogens (primary N) is 1. The van der Waals surface area contributed by atoms with Gasteiger partial charge in [-0.05, 0) is 12.3 Å². The molecule has 0 aliphatic carbocycles. The minimum absolute atomic E-state index is 0.0244. The molecule has 2 unspecified atom stereocenters. The predicted octanol–water partition coefficient (Wildman–Crippen LogP) is 7.40. The normalized spacial score (nSPS) is 13.7. The minimum Gasteiger partial charge on any atom is -0.369 e. The monoisotopic (exact) mass is 353 g/mol. The van der Waals surface area contributed by atoms with Crippen molar-refractivity contribution in [1.29, 1.82) is 0 Å². The smallest absolute Gasteiger partial charge is 0.220 e. The van der Waals surface area contributed by atoms with Crippen molar-refractivity contribution in [2.45, 2.75) is 130 Å². The maximum atomic E-state index is 11.1. The number of hydrogen-bond acceptors (Lipinski definition) is 1. The number of unbranched alkanes of at least 4 members (excludes halogenated alkanes) is 15. The maximum absolute atomic E-state index is 11.1. The van der Waals surface area contributed by atoms with E-state index < -0.39 is 0 Å². The molecule has 0 spiro atoms. The van der Waals surface area contributed by atoms with Crippen molar-refractivity contribution in [2.75, 3.05) is 0 Å². The average molecular weight is 354 g/mol. The Morgan fingerprint density at radius 3 is 1.28 bits per heavy atom. The molecule has 0 aromatic heterocycles. The van der Waals surface area contributed by atoms with Gasteiger partial charge in [-0.3, -0.25) is 4.79 Å². The number of amides is 1. The van der Waals surface area contributed by atoms with E-state index in [9.17, 15) is 4.79 Å². The van der Waals surface area contributed by atoms with Crippen molar-refractivity contribution < 1.29 is 4.79 Å². The molecule has 0 fully saturated rings. The Kier molecular flexibility index (Phi) is 17.9. The van der Waals surface area contributed by atoms with Crippen molar-refractivity contribution in [3.05, 3.63) is 0 Å². The van der Waals surface area contributed by atoms with Gasteiger partial charge in [-0.1, -0.05) is 124 Å². The second kappa shape index (κ2) is 18.3. The molecule has 150 valence electrons. The Bertz CT molecular complexity index is 290. The molecule has 25 heavy (non-hydrogen) atoms. The summed E-state index contributed by atoms with van der Waals surface area (Å²) in [5.41, 5.74) is 5.36. The van der Waals surface area contributed by atoms with Gasteiger partial charge in [-0.15, -0.1) is 0 Å². The summed E-state index contributed by atoms with van der Waals surface area (Å²) in [6.45, 7) is 6.40. The van der Waals surface area contributed by atoms with Gasteiger partial charge in [0.05, 0.1) is 0 Å². The Morgan fingerprint density at radius 2 is 0.960 bits per heavy atom. The van der Waals surface area contributed by atoms with E-state index in [-0.39, 0.29) is 11.8 Å². The second-order valence-corrected chi connectivity index (χ2v) is 8.26. The van der Waals surface area contributed by atoms with E-state index in [0.717, 1.165) is 6.42 Å². The first-order valence-corrected chi connectivity index (χ1v) is 11.4. The molecule has 0 bridgehead atoms. The topological polar surface area (TPSA) is 43.1 Å². The lowest BCUT2D eigenvalue weighted by atomic mass is 9.90. The first-order chi connectivity index (χ1) is 12.1. The molecular weight excluding hydrogens is 306 g/mol. The lowest BCUT2D eigenvalue weighted by molar-refractivity contribution is -0.122. The lowest BCUT2D eigenvalue weighted by Gasteiger charge is -2.16. The number of primary amides is 1. The van der Waals surface area contributed by atoms with E-state index in [0.29, 0.717) is 5.92 Å². The van der Waals surface area contributed by atoms with Crippen molar-refractivity contribution in [1.82, 2.24) is 0 Å². The van der Waals surface area contributed by atoms with Crippen LogP contribution in [0.4, 0.5) is 0 Å². The molecule has 2 N–H and O–H groups in total. The third-order valence-electron chi connectivity index (χ3n) is 5.82. The Balaban J connectivity index is 3.15. The summed E-state index contributed by atoms with van der Waals surface area (Å²) in [6, 6.07) is 0. The first kappa shape index (κ1) is 24.5. The maximum Gasteiger partial charge on any atom is 0.220 e. The Morgan fingerprint density at radius 1 is 0.640 bits per heavy atom. The molecule has 0 aromatic carbocycles. The van der Waals surface area contributed by atoms with Crippen LogP contribution in [0.1, 0.15) is 130 Å². The molecule has 0 heterocycles. The number of rotatable bonds is 19. The lowest BCUT2D eigenvalue weighted by Crippen LogP contribution is -2.26. The van der Waals surface area contributed by atoms with E-state index >= 15 is 0 Å². The minimum atomic E-state index is -0.149. The van der Waals surface area contributed by atoms with Gasteiger partial charge in [0.15, 0.2) is 0 Å². The summed E-state index contributed by atoms with van der Waals surface area (Å²) in [4.78, 5) is 11.1. The summed E-state index contributed by atoms with van der Waals surface area (Å²) >= 11 is 0. The molecule has 2 atom stereocenters. The molecule has 2 heteroatoms. The van der Waals surface area contributed by atoms with Crippen LogP contribution in [0.25, 0.3) is 0 Å². The third kappa shape index (κ3) is 16.7. The number of carbonyl (C=O) groups excluding carboxylic acids is 1. The van der Waals surface area contributed by atoms with Crippen molar-refractivity contribution >= 4 is 5.91 Å². The highest BCUT2D eigenvalue weighted by Crippen LogP contribution is 2.19. The summed E-state index contributed by atoms with van der Waals surface area (Å²) in [7, 11) is 0. The van der Waals surface area contributed by atoms with Crippen molar-refractivity contribution in [3.63, 3.8) is 0 Å². The van der Waals surface area contributed by atoms with Gasteiger partial charge in [0.1, 0.15) is 0 Å². The fourth-order valence-corrected chi connectivity index (χ4v) is 3.54. The van der Waals surface area contributed by atoms with Crippen molar-refractivity contribution in [2.24, 2.45) is 17.6 Å². The zero-order chi connectivity index (χ0) is 18.8. The van der Waals surface area contributed by atoms with Gasteiger partial charge in [0, 0.05) is 5.92 Å². The molecule has 0 rings (SSSR count). The highest BCUT2D eigenvalue weighted by molar-refractivity contribution is 5.76. The molecule has 0 saturated carbocycles. The Labute approximate surface area is 158 Å². The van der Waals surface area contributed by atoms with Crippen LogP contribution in [0.2, 0.25) is 0 Å². The van der Waals surface area contributed by atoms with Crippen LogP contribution in [0.3, 0.4) is 0 Å². The van der Waals surface area contributed by atoms with Crippen LogP contribution >= 0.6 is 0 Å². The van der Waals surface area contributed by atoms with E-state index in [2.05, 4.69) is 13.8 Å². The van der Waals surface area contributed by atoms with Gasteiger partial charge in [-0.2, -0.15) is 0 Å². The highest BCUT2D eigenvalue weighted by Gasteiger charge is 2.16. The quantitative estimate of drug-likeness (QED) is 0.242. The van der Waals surface area contributed by atoms with Gasteiger partial charge >= 0.3 is 0 Å². The van der Waals surface area contributed by atoms with E-state index in [1.807, 2.05) is 6.92 Å².